The van der Waals surface area contributed by atoms with E-state index in [0.29, 0.717) is 36.2 Å². The minimum atomic E-state index is -4.62. The van der Waals surface area contributed by atoms with Gasteiger partial charge in [0.15, 0.2) is 0 Å². The first-order valence-electron chi connectivity index (χ1n) is 8.70. The van der Waals surface area contributed by atoms with Gasteiger partial charge < -0.3 is 10.3 Å². The van der Waals surface area contributed by atoms with Crippen LogP contribution in [-0.4, -0.2) is 41.3 Å². The topological polar surface area (TPSA) is 48.7 Å². The maximum atomic E-state index is 12.4. The Kier molecular flexibility index (Phi) is 8.83. The molecule has 0 amide bonds. The van der Waals surface area contributed by atoms with E-state index in [4.69, 9.17) is 17.0 Å². The third kappa shape index (κ3) is 7.50. The van der Waals surface area contributed by atoms with Gasteiger partial charge in [0.2, 0.25) is 0 Å². The molecule has 0 aromatic carbocycles. The van der Waals surface area contributed by atoms with Crippen LogP contribution in [0.25, 0.3) is 0 Å². The summed E-state index contributed by atoms with van der Waals surface area (Å²) in [6.07, 6.45) is -1.53. The van der Waals surface area contributed by atoms with Crippen LogP contribution >= 0.6 is 11.6 Å². The molecule has 0 unspecified atom stereocenters. The average molecular weight is 394 g/mol. The number of hydrogen-bond acceptors (Lipinski definition) is 4. The highest BCUT2D eigenvalue weighted by molar-refractivity contribution is 6.64. The summed E-state index contributed by atoms with van der Waals surface area (Å²) in [6.45, 7) is 8.08. The molecule has 0 spiro atoms. The molecule has 0 aliphatic carbocycles. The van der Waals surface area contributed by atoms with Gasteiger partial charge in [-0.1, -0.05) is 30.2 Å². The molecule has 26 heavy (non-hydrogen) atoms. The van der Waals surface area contributed by atoms with Gasteiger partial charge in [-0.2, -0.15) is 0 Å². The fourth-order valence-electron chi connectivity index (χ4n) is 2.89. The number of nitrogens with zero attached hydrogens (tertiary/aromatic N) is 2. The zero-order valence-corrected chi connectivity index (χ0v) is 16.5. The van der Waals surface area contributed by atoms with Crippen molar-refractivity contribution < 1.29 is 17.9 Å². The number of rotatable bonds is 7. The van der Waals surface area contributed by atoms with Gasteiger partial charge in [-0.3, -0.25) is 4.74 Å². The number of halogens is 4. The highest BCUT2D eigenvalue weighted by Gasteiger charge is 2.35. The Morgan fingerprint density at radius 3 is 2.27 bits per heavy atom. The van der Waals surface area contributed by atoms with Crippen molar-refractivity contribution in [3.05, 3.63) is 23.0 Å². The second kappa shape index (κ2) is 10.1. The fraction of sp³-hybridized carbons (Fsp3) is 0.667. The van der Waals surface area contributed by atoms with Crippen molar-refractivity contribution in [2.45, 2.75) is 65.8 Å². The van der Waals surface area contributed by atoms with Gasteiger partial charge in [-0.15, -0.1) is 13.2 Å². The van der Waals surface area contributed by atoms with E-state index in [1.54, 1.807) is 13.8 Å². The molecule has 1 heterocycles. The molecular formula is C18H27ClF3N3O. The van der Waals surface area contributed by atoms with Crippen LogP contribution < -0.4 is 0 Å². The standard InChI is InChI=1S/C18H27ClF3N3O/c1-5-14(6-2)11-16(12(3)23)17(24-13(4)19)25-9-7-15(8-10-25)26-18(20,21)22/h5,15,23H,6-11H2,1-4H3/b14-5-,17-16+,23-12?,24-13?. The summed E-state index contributed by atoms with van der Waals surface area (Å²) in [7, 11) is 0. The van der Waals surface area contributed by atoms with E-state index in [1.807, 2.05) is 24.8 Å². The van der Waals surface area contributed by atoms with E-state index in [1.165, 1.54) is 5.57 Å². The smallest absolute Gasteiger partial charge is 0.356 e. The third-order valence-corrected chi connectivity index (χ3v) is 4.38. The second-order valence-corrected chi connectivity index (χ2v) is 6.81. The molecule has 1 saturated heterocycles. The predicted molar refractivity (Wildman–Crippen MR) is 99.8 cm³/mol. The molecule has 1 aliphatic heterocycles. The lowest BCUT2D eigenvalue weighted by Gasteiger charge is -2.35. The Morgan fingerprint density at radius 1 is 1.31 bits per heavy atom. The quantitative estimate of drug-likeness (QED) is 0.449. The Balaban J connectivity index is 3.09. The molecule has 1 N–H and O–H groups in total. The zero-order chi connectivity index (χ0) is 19.9. The number of allylic oxidation sites excluding steroid dienone is 3. The third-order valence-electron chi connectivity index (χ3n) is 4.29. The lowest BCUT2D eigenvalue weighted by Crippen LogP contribution is -2.39. The SMILES string of the molecule is C/C=C(/CC)C/C(C(C)=N)=C(/N=C(C)Cl)N1CCC(OC(F)(F)F)CC1. The van der Waals surface area contributed by atoms with Gasteiger partial charge in [0.1, 0.15) is 11.0 Å². The van der Waals surface area contributed by atoms with Crippen LogP contribution in [0, 0.1) is 5.41 Å². The molecule has 0 aromatic heterocycles. The summed E-state index contributed by atoms with van der Waals surface area (Å²) in [4.78, 5) is 6.30. The Morgan fingerprint density at radius 2 is 1.88 bits per heavy atom. The summed E-state index contributed by atoms with van der Waals surface area (Å²) < 4.78 is 41.4. The van der Waals surface area contributed by atoms with Crippen molar-refractivity contribution >= 4 is 22.5 Å². The minimum Gasteiger partial charge on any atom is -0.356 e. The summed E-state index contributed by atoms with van der Waals surface area (Å²) in [5.41, 5.74) is 2.29. The molecule has 0 aromatic rings. The first-order valence-corrected chi connectivity index (χ1v) is 9.08. The van der Waals surface area contributed by atoms with Gasteiger partial charge in [0.05, 0.1) is 6.10 Å². The van der Waals surface area contributed by atoms with Crippen molar-refractivity contribution in [3.8, 4) is 0 Å². The van der Waals surface area contributed by atoms with Crippen molar-refractivity contribution in [2.75, 3.05) is 13.1 Å². The Bertz CT molecular complexity index is 585. The first kappa shape index (κ1) is 22.7. The van der Waals surface area contributed by atoms with Crippen molar-refractivity contribution in [3.63, 3.8) is 0 Å². The number of ether oxygens (including phenoxy) is 1. The highest BCUT2D eigenvalue weighted by atomic mass is 35.5. The van der Waals surface area contributed by atoms with Gasteiger partial charge in [-0.05, 0) is 46.5 Å². The largest absolute Gasteiger partial charge is 0.522 e. The number of piperidine rings is 1. The number of likely N-dealkylation sites (tertiary alicyclic amines) is 1. The molecule has 0 saturated carbocycles. The zero-order valence-electron chi connectivity index (χ0n) is 15.7. The maximum Gasteiger partial charge on any atom is 0.522 e. The number of alkyl halides is 3. The van der Waals surface area contributed by atoms with Crippen LogP contribution in [0.4, 0.5) is 13.2 Å². The number of nitrogens with one attached hydrogen (secondary N) is 1. The number of aliphatic imine (C=N–C) groups is 1. The monoisotopic (exact) mass is 393 g/mol. The maximum absolute atomic E-state index is 12.4. The summed E-state index contributed by atoms with van der Waals surface area (Å²) in [6, 6.07) is 0. The van der Waals surface area contributed by atoms with Gasteiger partial charge in [0, 0.05) is 24.4 Å². The van der Waals surface area contributed by atoms with Crippen LogP contribution in [0.1, 0.15) is 53.4 Å². The molecule has 8 heteroatoms. The summed E-state index contributed by atoms with van der Waals surface area (Å²) >= 11 is 5.99. The van der Waals surface area contributed by atoms with Crippen molar-refractivity contribution in [2.24, 2.45) is 4.99 Å². The van der Waals surface area contributed by atoms with E-state index in [2.05, 4.69) is 9.73 Å². The Labute approximate surface area is 158 Å². The first-order chi connectivity index (χ1) is 12.1. The molecule has 1 aliphatic rings. The van der Waals surface area contributed by atoms with E-state index in [-0.39, 0.29) is 12.8 Å². The molecule has 148 valence electrons. The highest BCUT2D eigenvalue weighted by Crippen LogP contribution is 2.29. The van der Waals surface area contributed by atoms with E-state index in [9.17, 15) is 13.2 Å². The second-order valence-electron chi connectivity index (χ2n) is 6.26. The summed E-state index contributed by atoms with van der Waals surface area (Å²) in [5.74, 6) is 0.572. The van der Waals surface area contributed by atoms with Crippen molar-refractivity contribution in [1.29, 1.82) is 5.41 Å². The average Bonchev–Trinajstić information content (AvgIpc) is 2.53. The minimum absolute atomic E-state index is 0.244. The van der Waals surface area contributed by atoms with Gasteiger partial charge in [-0.25, -0.2) is 4.99 Å². The van der Waals surface area contributed by atoms with E-state index in [0.717, 1.165) is 12.0 Å². The summed E-state index contributed by atoms with van der Waals surface area (Å²) in [5, 5.41) is 8.47. The van der Waals surface area contributed by atoms with Gasteiger partial charge in [0.25, 0.3) is 0 Å². The predicted octanol–water partition coefficient (Wildman–Crippen LogP) is 5.64. The van der Waals surface area contributed by atoms with Crippen LogP contribution in [0.5, 0.6) is 0 Å². The van der Waals surface area contributed by atoms with Crippen LogP contribution in [0.2, 0.25) is 0 Å². The van der Waals surface area contributed by atoms with Crippen molar-refractivity contribution in [1.82, 2.24) is 4.90 Å². The molecule has 1 rings (SSSR count). The molecule has 0 radical (unpaired) electrons. The van der Waals surface area contributed by atoms with Crippen LogP contribution in [0.3, 0.4) is 0 Å². The Hall–Kier alpha value is -1.34. The molecule has 1 fully saturated rings. The lowest BCUT2D eigenvalue weighted by atomic mass is 9.98. The fourth-order valence-corrected chi connectivity index (χ4v) is 2.97. The van der Waals surface area contributed by atoms with E-state index >= 15 is 0 Å². The van der Waals surface area contributed by atoms with E-state index < -0.39 is 12.5 Å². The number of hydrogen-bond donors (Lipinski definition) is 1. The molecule has 0 atom stereocenters. The molecule has 0 bridgehead atoms. The lowest BCUT2D eigenvalue weighted by molar-refractivity contribution is -0.345. The van der Waals surface area contributed by atoms with Crippen LogP contribution in [-0.2, 0) is 4.74 Å². The normalized spacial score (nSPS) is 18.8. The van der Waals surface area contributed by atoms with Gasteiger partial charge >= 0.3 is 6.36 Å². The molecular weight excluding hydrogens is 367 g/mol. The van der Waals surface area contributed by atoms with Crippen LogP contribution in [0.15, 0.2) is 28.0 Å². The molecule has 4 nitrogen and oxygen atoms in total.